The molecule has 2 aromatic heterocycles. The van der Waals surface area contributed by atoms with Gasteiger partial charge in [0.2, 0.25) is 0 Å². The molecular formula is C29H28F2N4O3S. The van der Waals surface area contributed by atoms with Crippen LogP contribution >= 0.6 is 11.8 Å². The summed E-state index contributed by atoms with van der Waals surface area (Å²) in [5, 5.41) is 0.370. The van der Waals surface area contributed by atoms with Crippen molar-refractivity contribution >= 4 is 34.5 Å². The van der Waals surface area contributed by atoms with Crippen molar-refractivity contribution < 1.29 is 23.0 Å². The maximum atomic E-state index is 13.7. The molecule has 2 N–H and O–H groups in total. The lowest BCUT2D eigenvalue weighted by Gasteiger charge is -2.22. The summed E-state index contributed by atoms with van der Waals surface area (Å²) in [7, 11) is 2.00. The van der Waals surface area contributed by atoms with E-state index in [1.165, 1.54) is 0 Å². The second-order valence-corrected chi connectivity index (χ2v) is 10.4. The molecule has 7 nitrogen and oxygen atoms in total. The molecule has 1 aliphatic heterocycles. The molecule has 2 atom stereocenters. The fourth-order valence-corrected chi connectivity index (χ4v) is 5.87. The van der Waals surface area contributed by atoms with Gasteiger partial charge >= 0.3 is 5.97 Å². The van der Waals surface area contributed by atoms with Crippen molar-refractivity contribution in [3.8, 4) is 5.75 Å². The van der Waals surface area contributed by atoms with E-state index in [1.54, 1.807) is 37.0 Å². The van der Waals surface area contributed by atoms with Gasteiger partial charge in [0.1, 0.15) is 24.2 Å². The van der Waals surface area contributed by atoms with Crippen LogP contribution in [0.15, 0.2) is 60.8 Å². The first kappa shape index (κ1) is 26.8. The highest BCUT2D eigenvalue weighted by Crippen LogP contribution is 2.45. The summed E-state index contributed by atoms with van der Waals surface area (Å²) in [6.45, 7) is 2.83. The molecule has 3 heterocycles. The highest BCUT2D eigenvalue weighted by molar-refractivity contribution is 7.99. The van der Waals surface area contributed by atoms with Crippen LogP contribution in [0.2, 0.25) is 0 Å². The minimum atomic E-state index is -0.940. The summed E-state index contributed by atoms with van der Waals surface area (Å²) in [5.74, 6) is -0.408. The van der Waals surface area contributed by atoms with Crippen molar-refractivity contribution in [2.45, 2.75) is 31.4 Å². The SMILES string of the molecule is CCOC(=O)[C@@H](N)CS[C@@H]1c2cc(OCc3ccc4cc(F)c(F)cc4n3)ccc2CN(C)c2ncccc21. The number of esters is 1. The van der Waals surface area contributed by atoms with E-state index in [-0.39, 0.29) is 18.5 Å². The molecule has 0 unspecified atom stereocenters. The van der Waals surface area contributed by atoms with Gasteiger partial charge in [-0.3, -0.25) is 4.79 Å². The minimum absolute atomic E-state index is 0.144. The monoisotopic (exact) mass is 550 g/mol. The Balaban J connectivity index is 1.42. The number of carbonyl (C=O) groups excluding carboxylic acids is 1. The molecule has 0 spiro atoms. The van der Waals surface area contributed by atoms with Gasteiger partial charge in [-0.25, -0.2) is 18.7 Å². The van der Waals surface area contributed by atoms with Crippen molar-refractivity contribution in [3.63, 3.8) is 0 Å². The van der Waals surface area contributed by atoms with Crippen LogP contribution in [0.4, 0.5) is 14.6 Å². The second-order valence-electron chi connectivity index (χ2n) is 9.26. The molecule has 10 heteroatoms. The van der Waals surface area contributed by atoms with Gasteiger partial charge < -0.3 is 20.1 Å². The Bertz CT molecular complexity index is 1520. The third kappa shape index (κ3) is 5.81. The normalized spacial score (nSPS) is 15.3. The number of rotatable bonds is 8. The fraction of sp³-hybridized carbons (Fsp3) is 0.276. The van der Waals surface area contributed by atoms with E-state index in [2.05, 4.69) is 14.9 Å². The number of benzene rings is 2. The summed E-state index contributed by atoms with van der Waals surface area (Å²) in [6, 6.07) is 14.7. The summed E-state index contributed by atoms with van der Waals surface area (Å²) >= 11 is 1.56. The van der Waals surface area contributed by atoms with E-state index in [0.29, 0.717) is 34.6 Å². The number of ether oxygens (including phenoxy) is 2. The number of pyridine rings is 2. The van der Waals surface area contributed by atoms with Crippen LogP contribution in [0, 0.1) is 11.6 Å². The van der Waals surface area contributed by atoms with Crippen molar-refractivity contribution in [2.75, 3.05) is 24.3 Å². The number of nitrogens with zero attached hydrogens (tertiary/aromatic N) is 3. The van der Waals surface area contributed by atoms with Crippen LogP contribution in [-0.2, 0) is 22.7 Å². The molecule has 2 aromatic carbocycles. The Morgan fingerprint density at radius 2 is 1.97 bits per heavy atom. The van der Waals surface area contributed by atoms with E-state index in [9.17, 15) is 13.6 Å². The summed E-state index contributed by atoms with van der Waals surface area (Å²) in [4.78, 5) is 23.3. The lowest BCUT2D eigenvalue weighted by molar-refractivity contribution is -0.144. The van der Waals surface area contributed by atoms with Crippen molar-refractivity contribution in [2.24, 2.45) is 5.73 Å². The number of thioether (sulfide) groups is 1. The van der Waals surface area contributed by atoms with Crippen LogP contribution in [0.25, 0.3) is 10.9 Å². The van der Waals surface area contributed by atoms with Crippen molar-refractivity contribution in [1.29, 1.82) is 0 Å². The average molecular weight is 551 g/mol. The first-order chi connectivity index (χ1) is 18.8. The summed E-state index contributed by atoms with van der Waals surface area (Å²) < 4.78 is 38.4. The number of aromatic nitrogens is 2. The molecule has 0 fully saturated rings. The van der Waals surface area contributed by atoms with Crippen molar-refractivity contribution in [3.05, 3.63) is 94.8 Å². The third-order valence-corrected chi connectivity index (χ3v) is 7.87. The number of hydrogen-bond acceptors (Lipinski definition) is 8. The third-order valence-electron chi connectivity index (χ3n) is 6.48. The number of carbonyl (C=O) groups is 1. The molecule has 1 aliphatic rings. The quantitative estimate of drug-likeness (QED) is 0.301. The molecule has 0 bridgehead atoms. The predicted octanol–water partition coefficient (Wildman–Crippen LogP) is 5.15. The van der Waals surface area contributed by atoms with Crippen LogP contribution in [0.5, 0.6) is 5.75 Å². The van der Waals surface area contributed by atoms with E-state index in [0.717, 1.165) is 34.6 Å². The van der Waals surface area contributed by atoms with Crippen LogP contribution < -0.4 is 15.4 Å². The lowest BCUT2D eigenvalue weighted by Crippen LogP contribution is -2.34. The summed E-state index contributed by atoms with van der Waals surface area (Å²) in [5.41, 5.74) is 10.2. The van der Waals surface area contributed by atoms with Gasteiger partial charge in [-0.15, -0.1) is 11.8 Å². The number of fused-ring (bicyclic) bond motifs is 3. The summed E-state index contributed by atoms with van der Waals surface area (Å²) in [6.07, 6.45) is 1.77. The van der Waals surface area contributed by atoms with Gasteiger partial charge in [-0.05, 0) is 48.4 Å². The van der Waals surface area contributed by atoms with Gasteiger partial charge in [-0.1, -0.05) is 18.2 Å². The Labute approximate surface area is 229 Å². The van der Waals surface area contributed by atoms with E-state index < -0.39 is 23.6 Å². The highest BCUT2D eigenvalue weighted by Gasteiger charge is 2.29. The average Bonchev–Trinajstić information content (AvgIpc) is 3.05. The lowest BCUT2D eigenvalue weighted by atomic mass is 10.0. The zero-order chi connectivity index (χ0) is 27.5. The van der Waals surface area contributed by atoms with Gasteiger partial charge in [0.05, 0.1) is 23.1 Å². The number of nitrogens with two attached hydrogens (primary N) is 1. The van der Waals surface area contributed by atoms with E-state index in [4.69, 9.17) is 15.2 Å². The zero-order valence-electron chi connectivity index (χ0n) is 21.6. The molecule has 0 radical (unpaired) electrons. The molecule has 202 valence electrons. The maximum absolute atomic E-state index is 13.7. The maximum Gasteiger partial charge on any atom is 0.323 e. The highest BCUT2D eigenvalue weighted by atomic mass is 32.2. The van der Waals surface area contributed by atoms with Gasteiger partial charge in [-0.2, -0.15) is 0 Å². The largest absolute Gasteiger partial charge is 0.487 e. The van der Waals surface area contributed by atoms with Gasteiger partial charge in [0, 0.05) is 42.6 Å². The Morgan fingerprint density at radius 1 is 1.15 bits per heavy atom. The molecule has 0 amide bonds. The molecule has 0 saturated heterocycles. The molecule has 0 saturated carbocycles. The van der Waals surface area contributed by atoms with Crippen molar-refractivity contribution in [1.82, 2.24) is 9.97 Å². The topological polar surface area (TPSA) is 90.6 Å². The molecule has 5 rings (SSSR count). The van der Waals surface area contributed by atoms with Gasteiger partial charge in [0.15, 0.2) is 11.6 Å². The fourth-order valence-electron chi connectivity index (χ4n) is 4.58. The first-order valence-electron chi connectivity index (χ1n) is 12.5. The standard InChI is InChI=1S/C29H28F2N4O3S/c1-3-37-29(36)25(32)16-39-27-21-5-4-10-33-28(21)35(2)14-18-7-9-20(12-22(18)27)38-15-19-8-6-17-11-23(30)24(31)13-26(17)34-19/h4-13,25,27H,3,14-16,32H2,1-2H3/t25-,27-/m0/s1. The van der Waals surface area contributed by atoms with Crippen LogP contribution in [-0.4, -0.2) is 41.4 Å². The molecule has 0 aliphatic carbocycles. The molecule has 39 heavy (non-hydrogen) atoms. The smallest absolute Gasteiger partial charge is 0.323 e. The molecular weight excluding hydrogens is 522 g/mol. The second kappa shape index (κ2) is 11.5. The molecule has 4 aromatic rings. The van der Waals surface area contributed by atoms with Crippen LogP contribution in [0.1, 0.15) is 34.6 Å². The number of halogens is 2. The Kier molecular flexibility index (Phi) is 7.94. The number of anilines is 1. The zero-order valence-corrected chi connectivity index (χ0v) is 22.4. The van der Waals surface area contributed by atoms with E-state index >= 15 is 0 Å². The number of hydrogen-bond donors (Lipinski definition) is 1. The van der Waals surface area contributed by atoms with Gasteiger partial charge in [0.25, 0.3) is 0 Å². The van der Waals surface area contributed by atoms with E-state index in [1.807, 2.05) is 37.4 Å². The Hall–Kier alpha value is -3.76. The Morgan fingerprint density at radius 3 is 2.79 bits per heavy atom. The predicted molar refractivity (Wildman–Crippen MR) is 148 cm³/mol. The first-order valence-corrected chi connectivity index (χ1v) is 13.6. The minimum Gasteiger partial charge on any atom is -0.487 e. The van der Waals surface area contributed by atoms with Crippen LogP contribution in [0.3, 0.4) is 0 Å².